The summed E-state index contributed by atoms with van der Waals surface area (Å²) in [6.45, 7) is 0.0827. The van der Waals surface area contributed by atoms with Crippen molar-refractivity contribution < 1.29 is 14.6 Å². The molecule has 0 spiro atoms. The largest absolute Gasteiger partial charge is 0.478 e. The van der Waals surface area contributed by atoms with Gasteiger partial charge in [-0.15, -0.1) is 0 Å². The first-order valence-corrected chi connectivity index (χ1v) is 3.79. The van der Waals surface area contributed by atoms with E-state index >= 15 is 0 Å². The number of aromatic nitrogens is 1. The van der Waals surface area contributed by atoms with Crippen LogP contribution in [0.15, 0.2) is 23.9 Å². The predicted molar refractivity (Wildman–Crippen MR) is 45.3 cm³/mol. The van der Waals surface area contributed by atoms with Crippen molar-refractivity contribution in [3.8, 4) is 5.88 Å². The molecule has 13 heavy (non-hydrogen) atoms. The second-order valence-corrected chi connectivity index (χ2v) is 2.66. The van der Waals surface area contributed by atoms with Crippen LogP contribution in [-0.2, 0) is 4.79 Å². The Hall–Kier alpha value is -1.84. The Morgan fingerprint density at radius 2 is 2.46 bits per heavy atom. The zero-order chi connectivity index (χ0) is 9.26. The zero-order valence-electron chi connectivity index (χ0n) is 6.73. The molecule has 0 unspecified atom stereocenters. The van der Waals surface area contributed by atoms with Crippen LogP contribution in [0.5, 0.6) is 5.88 Å². The lowest BCUT2D eigenvalue weighted by molar-refractivity contribution is -0.132. The SMILES string of the molecule is O=C(O)C1=Cc2cccnc2OC1. The number of hydrogen-bond acceptors (Lipinski definition) is 3. The summed E-state index contributed by atoms with van der Waals surface area (Å²) >= 11 is 0. The fraction of sp³-hybridized carbons (Fsp3) is 0.111. The minimum atomic E-state index is -0.950. The summed E-state index contributed by atoms with van der Waals surface area (Å²) in [7, 11) is 0. The lowest BCUT2D eigenvalue weighted by Crippen LogP contribution is -2.14. The molecule has 0 radical (unpaired) electrons. The maximum atomic E-state index is 10.6. The van der Waals surface area contributed by atoms with Crippen molar-refractivity contribution in [3.63, 3.8) is 0 Å². The lowest BCUT2D eigenvalue weighted by Gasteiger charge is -2.13. The molecule has 1 aliphatic heterocycles. The maximum Gasteiger partial charge on any atom is 0.335 e. The first-order valence-electron chi connectivity index (χ1n) is 3.79. The molecule has 0 aliphatic carbocycles. The molecular weight excluding hydrogens is 170 g/mol. The van der Waals surface area contributed by atoms with Gasteiger partial charge in [-0.25, -0.2) is 9.78 Å². The number of carboxylic acids is 1. The van der Waals surface area contributed by atoms with Gasteiger partial charge in [0.25, 0.3) is 0 Å². The van der Waals surface area contributed by atoms with Crippen LogP contribution in [0, 0.1) is 0 Å². The van der Waals surface area contributed by atoms with Crippen molar-refractivity contribution in [1.82, 2.24) is 4.98 Å². The second kappa shape index (κ2) is 2.90. The number of carboxylic acid groups (broad SMARTS) is 1. The molecule has 0 saturated carbocycles. The maximum absolute atomic E-state index is 10.6. The molecular formula is C9H7NO3. The van der Waals surface area contributed by atoms with E-state index in [4.69, 9.17) is 9.84 Å². The van der Waals surface area contributed by atoms with Crippen LogP contribution in [-0.4, -0.2) is 22.7 Å². The van der Waals surface area contributed by atoms with Gasteiger partial charge in [0, 0.05) is 11.8 Å². The van der Waals surface area contributed by atoms with Gasteiger partial charge in [0.1, 0.15) is 6.61 Å². The summed E-state index contributed by atoms with van der Waals surface area (Å²) in [5.74, 6) is -0.456. The zero-order valence-corrected chi connectivity index (χ0v) is 6.73. The Labute approximate surface area is 74.5 Å². The highest BCUT2D eigenvalue weighted by atomic mass is 16.5. The van der Waals surface area contributed by atoms with Gasteiger partial charge in [-0.3, -0.25) is 0 Å². The molecule has 1 aliphatic rings. The third kappa shape index (κ3) is 1.38. The molecule has 0 aromatic carbocycles. The van der Waals surface area contributed by atoms with E-state index < -0.39 is 5.97 Å². The summed E-state index contributed by atoms with van der Waals surface area (Å²) in [5, 5.41) is 8.70. The number of aliphatic carboxylic acids is 1. The van der Waals surface area contributed by atoms with E-state index in [0.29, 0.717) is 11.4 Å². The third-order valence-electron chi connectivity index (χ3n) is 1.77. The molecule has 1 aromatic rings. The van der Waals surface area contributed by atoms with Crippen molar-refractivity contribution in [2.75, 3.05) is 6.61 Å². The summed E-state index contributed by atoms with van der Waals surface area (Å²) < 4.78 is 5.14. The molecule has 2 rings (SSSR count). The van der Waals surface area contributed by atoms with E-state index in [0.717, 1.165) is 0 Å². The van der Waals surface area contributed by atoms with Crippen molar-refractivity contribution in [1.29, 1.82) is 0 Å². The Morgan fingerprint density at radius 3 is 3.23 bits per heavy atom. The molecule has 0 fully saturated rings. The standard InChI is InChI=1S/C9H7NO3/c11-9(12)7-4-6-2-1-3-10-8(6)13-5-7/h1-4H,5H2,(H,11,12). The van der Waals surface area contributed by atoms with Crippen LogP contribution in [0.3, 0.4) is 0 Å². The summed E-state index contributed by atoms with van der Waals surface area (Å²) in [6, 6.07) is 3.51. The van der Waals surface area contributed by atoms with Crippen molar-refractivity contribution in [3.05, 3.63) is 29.5 Å². The van der Waals surface area contributed by atoms with Crippen LogP contribution in [0.25, 0.3) is 6.08 Å². The van der Waals surface area contributed by atoms with Crippen molar-refractivity contribution in [2.45, 2.75) is 0 Å². The molecule has 0 atom stereocenters. The van der Waals surface area contributed by atoms with Gasteiger partial charge in [0.2, 0.25) is 5.88 Å². The Kier molecular flexibility index (Phi) is 1.73. The topological polar surface area (TPSA) is 59.4 Å². The third-order valence-corrected chi connectivity index (χ3v) is 1.77. The molecule has 4 nitrogen and oxygen atoms in total. The van der Waals surface area contributed by atoms with Crippen LogP contribution < -0.4 is 4.74 Å². The van der Waals surface area contributed by atoms with E-state index in [1.165, 1.54) is 0 Å². The fourth-order valence-electron chi connectivity index (χ4n) is 1.13. The van der Waals surface area contributed by atoms with Gasteiger partial charge < -0.3 is 9.84 Å². The van der Waals surface area contributed by atoms with Crippen LogP contribution in [0.2, 0.25) is 0 Å². The first kappa shape index (κ1) is 7.79. The smallest absolute Gasteiger partial charge is 0.335 e. The highest BCUT2D eigenvalue weighted by Crippen LogP contribution is 2.22. The minimum absolute atomic E-state index is 0.0827. The Morgan fingerprint density at radius 1 is 1.62 bits per heavy atom. The number of rotatable bonds is 1. The quantitative estimate of drug-likeness (QED) is 0.693. The van der Waals surface area contributed by atoms with Crippen LogP contribution in [0.4, 0.5) is 0 Å². The van der Waals surface area contributed by atoms with Gasteiger partial charge >= 0.3 is 5.97 Å². The van der Waals surface area contributed by atoms with Crippen LogP contribution >= 0.6 is 0 Å². The predicted octanol–water partition coefficient (Wildman–Crippen LogP) is 0.942. The Bertz CT molecular complexity index is 384. The molecule has 0 saturated heterocycles. The number of carbonyl (C=O) groups is 1. The highest BCUT2D eigenvalue weighted by molar-refractivity contribution is 5.93. The van der Waals surface area contributed by atoms with Gasteiger partial charge in [0.05, 0.1) is 5.57 Å². The number of fused-ring (bicyclic) bond motifs is 1. The van der Waals surface area contributed by atoms with E-state index in [1.807, 2.05) is 0 Å². The van der Waals surface area contributed by atoms with Gasteiger partial charge in [0.15, 0.2) is 0 Å². The minimum Gasteiger partial charge on any atom is -0.478 e. The van der Waals surface area contributed by atoms with Gasteiger partial charge in [-0.2, -0.15) is 0 Å². The van der Waals surface area contributed by atoms with Gasteiger partial charge in [-0.05, 0) is 18.2 Å². The number of pyridine rings is 1. The van der Waals surface area contributed by atoms with Crippen molar-refractivity contribution >= 4 is 12.0 Å². The fourth-order valence-corrected chi connectivity index (χ4v) is 1.13. The molecule has 66 valence electrons. The summed E-state index contributed by atoms with van der Waals surface area (Å²) in [6.07, 6.45) is 3.19. The Balaban J connectivity index is 2.44. The molecule has 1 N–H and O–H groups in total. The number of hydrogen-bond donors (Lipinski definition) is 1. The highest BCUT2D eigenvalue weighted by Gasteiger charge is 2.16. The summed E-state index contributed by atoms with van der Waals surface area (Å²) in [4.78, 5) is 14.5. The average molecular weight is 177 g/mol. The van der Waals surface area contributed by atoms with Gasteiger partial charge in [-0.1, -0.05) is 0 Å². The first-order chi connectivity index (χ1) is 6.27. The van der Waals surface area contributed by atoms with E-state index in [-0.39, 0.29) is 12.2 Å². The number of nitrogens with zero attached hydrogens (tertiary/aromatic N) is 1. The lowest BCUT2D eigenvalue weighted by atomic mass is 10.1. The monoisotopic (exact) mass is 177 g/mol. The second-order valence-electron chi connectivity index (χ2n) is 2.66. The number of ether oxygens (including phenoxy) is 1. The van der Waals surface area contributed by atoms with Crippen LogP contribution in [0.1, 0.15) is 5.56 Å². The van der Waals surface area contributed by atoms with Crippen molar-refractivity contribution in [2.24, 2.45) is 0 Å². The van der Waals surface area contributed by atoms with E-state index in [1.54, 1.807) is 24.4 Å². The van der Waals surface area contributed by atoms with E-state index in [9.17, 15) is 4.79 Å². The molecule has 4 heteroatoms. The molecule has 0 bridgehead atoms. The molecule has 0 amide bonds. The normalized spacial score (nSPS) is 14.0. The average Bonchev–Trinajstić information content (AvgIpc) is 2.17. The summed E-state index contributed by atoms with van der Waals surface area (Å²) in [5.41, 5.74) is 0.964. The molecule has 2 heterocycles. The molecule has 1 aromatic heterocycles. The van der Waals surface area contributed by atoms with E-state index in [2.05, 4.69) is 4.98 Å².